The highest BCUT2D eigenvalue weighted by molar-refractivity contribution is 5.79. The number of alkyl halides is 3. The first-order chi connectivity index (χ1) is 9.00. The fraction of sp³-hybridized carbons (Fsp3) is 0.231. The summed E-state index contributed by atoms with van der Waals surface area (Å²) >= 11 is 0. The van der Waals surface area contributed by atoms with E-state index in [2.05, 4.69) is 4.98 Å². The first-order valence-electron chi connectivity index (χ1n) is 5.44. The number of hydrogen-bond donors (Lipinski definition) is 0. The van der Waals surface area contributed by atoms with E-state index < -0.39 is 18.7 Å². The maximum Gasteiger partial charge on any atom is 0.407 e. The minimum atomic E-state index is -4.58. The number of hydrogen-bond acceptors (Lipinski definition) is 3. The lowest BCUT2D eigenvalue weighted by atomic mass is 10.2. The van der Waals surface area contributed by atoms with Crippen molar-refractivity contribution in [1.29, 1.82) is 5.26 Å². The quantitative estimate of drug-likeness (QED) is 0.856. The van der Waals surface area contributed by atoms with Crippen LogP contribution >= 0.6 is 0 Å². The second-order valence-electron chi connectivity index (χ2n) is 3.89. The summed E-state index contributed by atoms with van der Waals surface area (Å²) in [5, 5.41) is 9.31. The van der Waals surface area contributed by atoms with E-state index in [4.69, 9.17) is 10.00 Å². The number of benzene rings is 1. The molecule has 0 aliphatic heterocycles. The fourth-order valence-electron chi connectivity index (χ4n) is 1.52. The lowest BCUT2D eigenvalue weighted by molar-refractivity contribution is -0.165. The first kappa shape index (κ1) is 13.1. The maximum atomic E-state index is 12.4. The molecule has 2 aromatic rings. The molecule has 0 saturated heterocycles. The van der Waals surface area contributed by atoms with E-state index in [1.54, 1.807) is 30.5 Å². The van der Waals surface area contributed by atoms with E-state index in [1.165, 1.54) is 6.07 Å². The highest BCUT2D eigenvalue weighted by Crippen LogP contribution is 2.27. The van der Waals surface area contributed by atoms with Crippen LogP contribution in [0, 0.1) is 17.2 Å². The lowest BCUT2D eigenvalue weighted by Crippen LogP contribution is -2.27. The molecule has 1 heterocycles. The highest BCUT2D eigenvalue weighted by Gasteiger charge is 2.40. The Balaban J connectivity index is 2.12. The molecule has 0 spiro atoms. The molecule has 19 heavy (non-hydrogen) atoms. The van der Waals surface area contributed by atoms with Crippen molar-refractivity contribution in [2.75, 3.05) is 6.61 Å². The van der Waals surface area contributed by atoms with Crippen LogP contribution in [0.5, 0.6) is 5.75 Å². The van der Waals surface area contributed by atoms with Gasteiger partial charge in [-0.3, -0.25) is 4.98 Å². The van der Waals surface area contributed by atoms with Crippen molar-refractivity contribution in [2.45, 2.75) is 6.18 Å². The Labute approximate surface area is 107 Å². The summed E-state index contributed by atoms with van der Waals surface area (Å²) in [6.45, 7) is -0.724. The minimum Gasteiger partial charge on any atom is -0.492 e. The molecule has 0 aliphatic carbocycles. The van der Waals surface area contributed by atoms with Gasteiger partial charge in [-0.15, -0.1) is 0 Å². The SMILES string of the molecule is N#CC(COc1ccc2cccnc2c1)C(F)(F)F. The van der Waals surface area contributed by atoms with Gasteiger partial charge in [0.1, 0.15) is 12.4 Å². The smallest absolute Gasteiger partial charge is 0.407 e. The summed E-state index contributed by atoms with van der Waals surface area (Å²) in [5.74, 6) is -1.87. The Kier molecular flexibility index (Phi) is 3.56. The van der Waals surface area contributed by atoms with E-state index in [-0.39, 0.29) is 5.75 Å². The zero-order chi connectivity index (χ0) is 13.9. The number of rotatable bonds is 3. The zero-order valence-electron chi connectivity index (χ0n) is 9.69. The van der Waals surface area contributed by atoms with E-state index in [9.17, 15) is 13.2 Å². The zero-order valence-corrected chi connectivity index (χ0v) is 9.69. The Morgan fingerprint density at radius 1 is 1.32 bits per heavy atom. The van der Waals surface area contributed by atoms with Crippen molar-refractivity contribution in [2.24, 2.45) is 5.92 Å². The average Bonchev–Trinajstić information content (AvgIpc) is 2.37. The summed E-state index contributed by atoms with van der Waals surface area (Å²) in [6, 6.07) is 9.57. The average molecular weight is 266 g/mol. The number of halogens is 3. The Morgan fingerprint density at radius 3 is 2.79 bits per heavy atom. The van der Waals surface area contributed by atoms with Crippen LogP contribution in [0.3, 0.4) is 0 Å². The van der Waals surface area contributed by atoms with Gasteiger partial charge in [-0.1, -0.05) is 6.07 Å². The molecule has 0 amide bonds. The summed E-state index contributed by atoms with van der Waals surface area (Å²) in [4.78, 5) is 4.07. The Hall–Kier alpha value is -2.29. The highest BCUT2D eigenvalue weighted by atomic mass is 19.4. The molecular weight excluding hydrogens is 257 g/mol. The van der Waals surface area contributed by atoms with Gasteiger partial charge in [0.15, 0.2) is 5.92 Å². The first-order valence-corrected chi connectivity index (χ1v) is 5.44. The number of fused-ring (bicyclic) bond motifs is 1. The van der Waals surface area contributed by atoms with Crippen molar-refractivity contribution in [1.82, 2.24) is 4.98 Å². The molecule has 0 N–H and O–H groups in total. The second kappa shape index (κ2) is 5.14. The number of nitrogens with zero attached hydrogens (tertiary/aromatic N) is 2. The van der Waals surface area contributed by atoms with Gasteiger partial charge in [0.2, 0.25) is 0 Å². The Morgan fingerprint density at radius 2 is 2.11 bits per heavy atom. The van der Waals surface area contributed by atoms with Crippen LogP contribution in [0.2, 0.25) is 0 Å². The predicted molar refractivity (Wildman–Crippen MR) is 62.4 cm³/mol. The van der Waals surface area contributed by atoms with Crippen molar-refractivity contribution < 1.29 is 17.9 Å². The van der Waals surface area contributed by atoms with Crippen LogP contribution in [-0.2, 0) is 0 Å². The van der Waals surface area contributed by atoms with Gasteiger partial charge >= 0.3 is 6.18 Å². The topological polar surface area (TPSA) is 45.9 Å². The molecule has 0 fully saturated rings. The lowest BCUT2D eigenvalue weighted by Gasteiger charge is -2.14. The molecule has 0 radical (unpaired) electrons. The van der Waals surface area contributed by atoms with E-state index >= 15 is 0 Å². The molecular formula is C13H9F3N2O. The molecule has 0 saturated carbocycles. The third kappa shape index (κ3) is 3.13. The van der Waals surface area contributed by atoms with Gasteiger partial charge in [-0.25, -0.2) is 0 Å². The molecule has 0 aliphatic rings. The van der Waals surface area contributed by atoms with Crippen LogP contribution in [0.25, 0.3) is 10.9 Å². The fourth-order valence-corrected chi connectivity index (χ4v) is 1.52. The van der Waals surface area contributed by atoms with Crippen LogP contribution < -0.4 is 4.74 Å². The van der Waals surface area contributed by atoms with Crippen LogP contribution in [0.15, 0.2) is 36.5 Å². The standard InChI is InChI=1S/C13H9F3N2O/c14-13(15,16)10(7-17)8-19-11-4-3-9-2-1-5-18-12(9)6-11/h1-6,10H,8H2. The van der Waals surface area contributed by atoms with Crippen molar-refractivity contribution in [3.05, 3.63) is 36.5 Å². The third-order valence-electron chi connectivity index (χ3n) is 2.54. The van der Waals surface area contributed by atoms with Crippen molar-refractivity contribution in [3.63, 3.8) is 0 Å². The normalized spacial score (nSPS) is 12.9. The summed E-state index contributed by atoms with van der Waals surface area (Å²) in [6.07, 6.45) is -3.00. The van der Waals surface area contributed by atoms with Crippen molar-refractivity contribution in [3.8, 4) is 11.8 Å². The van der Waals surface area contributed by atoms with Crippen LogP contribution in [0.1, 0.15) is 0 Å². The molecule has 98 valence electrons. The summed E-state index contributed by atoms with van der Waals surface area (Å²) < 4.78 is 42.1. The molecule has 2 rings (SSSR count). The maximum absolute atomic E-state index is 12.4. The third-order valence-corrected chi connectivity index (χ3v) is 2.54. The second-order valence-corrected chi connectivity index (χ2v) is 3.89. The van der Waals surface area contributed by atoms with Gasteiger partial charge in [0, 0.05) is 17.6 Å². The monoisotopic (exact) mass is 266 g/mol. The van der Waals surface area contributed by atoms with Gasteiger partial charge in [-0.05, 0) is 18.2 Å². The van der Waals surface area contributed by atoms with Gasteiger partial charge in [0.25, 0.3) is 0 Å². The molecule has 1 aromatic carbocycles. The molecule has 1 unspecified atom stereocenters. The van der Waals surface area contributed by atoms with E-state index in [0.29, 0.717) is 5.52 Å². The van der Waals surface area contributed by atoms with E-state index in [0.717, 1.165) is 5.39 Å². The van der Waals surface area contributed by atoms with Crippen LogP contribution in [-0.4, -0.2) is 17.8 Å². The minimum absolute atomic E-state index is 0.260. The van der Waals surface area contributed by atoms with Crippen molar-refractivity contribution >= 4 is 10.9 Å². The summed E-state index contributed by atoms with van der Waals surface area (Å²) in [5.41, 5.74) is 0.625. The molecule has 0 bridgehead atoms. The number of ether oxygens (including phenoxy) is 1. The molecule has 3 nitrogen and oxygen atoms in total. The van der Waals surface area contributed by atoms with Gasteiger partial charge in [0.05, 0.1) is 11.6 Å². The molecule has 6 heteroatoms. The number of aromatic nitrogens is 1. The van der Waals surface area contributed by atoms with E-state index in [1.807, 2.05) is 6.07 Å². The largest absolute Gasteiger partial charge is 0.492 e. The predicted octanol–water partition coefficient (Wildman–Crippen LogP) is 3.32. The molecule has 1 aromatic heterocycles. The van der Waals surface area contributed by atoms with Gasteiger partial charge < -0.3 is 4.74 Å². The summed E-state index contributed by atoms with van der Waals surface area (Å²) in [7, 11) is 0. The molecule has 1 atom stereocenters. The Bertz CT molecular complexity index is 619. The van der Waals surface area contributed by atoms with Crippen LogP contribution in [0.4, 0.5) is 13.2 Å². The van der Waals surface area contributed by atoms with Gasteiger partial charge in [-0.2, -0.15) is 18.4 Å². The number of pyridine rings is 1. The number of nitriles is 1.